The summed E-state index contributed by atoms with van der Waals surface area (Å²) in [6.45, 7) is 13.9. The van der Waals surface area contributed by atoms with Gasteiger partial charge >= 0.3 is 0 Å². The average Bonchev–Trinajstić information content (AvgIpc) is 3.43. The lowest BCUT2D eigenvalue weighted by Crippen LogP contribution is -2.53. The van der Waals surface area contributed by atoms with Gasteiger partial charge in [-0.2, -0.15) is 5.26 Å². The van der Waals surface area contributed by atoms with Crippen molar-refractivity contribution in [3.8, 4) is 17.2 Å². The van der Waals surface area contributed by atoms with Crippen LogP contribution in [-0.2, 0) is 12.1 Å². The molecule has 1 saturated heterocycles. The Morgan fingerprint density at radius 3 is 2.30 bits per heavy atom. The van der Waals surface area contributed by atoms with Crippen LogP contribution < -0.4 is 5.32 Å². The fraction of sp³-hybridized carbons (Fsp3) is 0.333. The summed E-state index contributed by atoms with van der Waals surface area (Å²) in [6.07, 6.45) is 5.88. The molecular weight excluding hydrogens is 609 g/mol. The van der Waals surface area contributed by atoms with Gasteiger partial charge < -0.3 is 15.2 Å². The number of benzene rings is 3. The molecule has 0 saturated carbocycles. The number of aromatic nitrogens is 2. The van der Waals surface area contributed by atoms with Gasteiger partial charge in [0.15, 0.2) is 0 Å². The SMILES string of the molecule is C.C=CC(=C)Cl.CCC(CC)N1CCC(NCc2nc3cc(Cl)c(Cl)cc3[nH]2)(c2ccc(-c3cccc(C#N)c3)cc2)CC1. The highest BCUT2D eigenvalue weighted by Gasteiger charge is 2.37. The fourth-order valence-electron chi connectivity index (χ4n) is 5.79. The largest absolute Gasteiger partial charge is 0.341 e. The lowest BCUT2D eigenvalue weighted by molar-refractivity contribution is 0.0909. The molecule has 3 aromatic carbocycles. The maximum Gasteiger partial charge on any atom is 0.121 e. The first-order chi connectivity index (χ1) is 20.7. The van der Waals surface area contributed by atoms with Gasteiger partial charge in [0.2, 0.25) is 0 Å². The van der Waals surface area contributed by atoms with Crippen molar-refractivity contribution in [3.63, 3.8) is 0 Å². The molecule has 0 radical (unpaired) electrons. The van der Waals surface area contributed by atoms with E-state index in [1.165, 1.54) is 24.5 Å². The summed E-state index contributed by atoms with van der Waals surface area (Å²) in [5, 5.41) is 14.7. The molecule has 1 aromatic heterocycles. The summed E-state index contributed by atoms with van der Waals surface area (Å²) in [7, 11) is 0. The molecule has 0 aliphatic carbocycles. The maximum absolute atomic E-state index is 9.30. The molecule has 4 aromatic rings. The van der Waals surface area contributed by atoms with E-state index in [1.807, 2.05) is 30.3 Å². The standard InChI is InChI=1S/C31H33Cl2N5.C4H5Cl.CH4/c1-3-25(4-2)38-14-12-31(13-15-38,35-20-30-36-28-17-26(32)27(33)18-29(28)37-30)24-10-8-22(9-11-24)23-7-5-6-21(16-23)19-34;1-3-4(2)5;/h5-11,16-18,25,35H,3-4,12-15,20H2,1-2H3,(H,36,37);3H,1-2H2;1H4. The number of imidazole rings is 1. The highest BCUT2D eigenvalue weighted by Crippen LogP contribution is 2.36. The van der Waals surface area contributed by atoms with Crippen molar-refractivity contribution >= 4 is 45.8 Å². The Hall–Kier alpha value is -3.11. The van der Waals surface area contributed by atoms with Crippen LogP contribution in [0, 0.1) is 11.3 Å². The summed E-state index contributed by atoms with van der Waals surface area (Å²) in [5.74, 6) is 0.866. The van der Waals surface area contributed by atoms with Gasteiger partial charge in [0.25, 0.3) is 0 Å². The van der Waals surface area contributed by atoms with Crippen molar-refractivity contribution < 1.29 is 0 Å². The number of hydrogen-bond acceptors (Lipinski definition) is 4. The summed E-state index contributed by atoms with van der Waals surface area (Å²) in [6, 6.07) is 23.1. The molecule has 2 heterocycles. The molecule has 0 bridgehead atoms. The predicted octanol–water partition coefficient (Wildman–Crippen LogP) is 10.2. The van der Waals surface area contributed by atoms with E-state index in [4.69, 9.17) is 39.8 Å². The average molecular weight is 651 g/mol. The second-order valence-corrected chi connectivity index (χ2v) is 12.1. The highest BCUT2D eigenvalue weighted by atomic mass is 35.5. The van der Waals surface area contributed by atoms with Crippen molar-refractivity contribution in [1.82, 2.24) is 20.2 Å². The van der Waals surface area contributed by atoms with Gasteiger partial charge in [0.05, 0.1) is 39.3 Å². The molecule has 8 heteroatoms. The Morgan fingerprint density at radius 1 is 1.07 bits per heavy atom. The van der Waals surface area contributed by atoms with Crippen LogP contribution in [0.15, 0.2) is 84.9 Å². The van der Waals surface area contributed by atoms with Crippen molar-refractivity contribution in [2.75, 3.05) is 13.1 Å². The Labute approximate surface area is 277 Å². The number of rotatable bonds is 9. The monoisotopic (exact) mass is 649 g/mol. The minimum atomic E-state index is -0.163. The van der Waals surface area contributed by atoms with E-state index >= 15 is 0 Å². The molecule has 1 aliphatic rings. The molecule has 1 fully saturated rings. The van der Waals surface area contributed by atoms with E-state index in [-0.39, 0.29) is 13.0 Å². The number of H-pyrrole nitrogens is 1. The number of piperidine rings is 1. The number of hydrogen-bond donors (Lipinski definition) is 2. The smallest absolute Gasteiger partial charge is 0.121 e. The first-order valence-corrected chi connectivity index (χ1v) is 15.8. The molecule has 0 spiro atoms. The zero-order valence-electron chi connectivity index (χ0n) is 24.8. The lowest BCUT2D eigenvalue weighted by atomic mass is 9.79. The van der Waals surface area contributed by atoms with Gasteiger partial charge in [-0.1, -0.05) is 112 Å². The molecule has 0 unspecified atom stereocenters. The summed E-state index contributed by atoms with van der Waals surface area (Å²) >= 11 is 17.6. The zero-order valence-corrected chi connectivity index (χ0v) is 27.0. The van der Waals surface area contributed by atoms with Crippen molar-refractivity contribution in [2.24, 2.45) is 0 Å². The normalized spacial score (nSPS) is 14.3. The number of halogens is 3. The molecule has 0 atom stereocenters. The number of nitriles is 1. The minimum Gasteiger partial charge on any atom is -0.341 e. The number of allylic oxidation sites excluding steroid dienone is 2. The van der Waals surface area contributed by atoms with Crippen LogP contribution in [-0.4, -0.2) is 34.0 Å². The minimum absolute atomic E-state index is 0. The van der Waals surface area contributed by atoms with Crippen LogP contribution in [0.2, 0.25) is 10.0 Å². The van der Waals surface area contributed by atoms with E-state index in [1.54, 1.807) is 0 Å². The Balaban J connectivity index is 0.000000817. The van der Waals surface area contributed by atoms with Gasteiger partial charge in [-0.25, -0.2) is 4.98 Å². The van der Waals surface area contributed by atoms with Crippen LogP contribution in [0.4, 0.5) is 0 Å². The van der Waals surface area contributed by atoms with Crippen molar-refractivity contribution in [2.45, 2.75) is 65.1 Å². The van der Waals surface area contributed by atoms with Crippen LogP contribution in [0.3, 0.4) is 0 Å². The predicted molar refractivity (Wildman–Crippen MR) is 188 cm³/mol. The molecule has 5 nitrogen and oxygen atoms in total. The first-order valence-electron chi connectivity index (χ1n) is 14.6. The number of nitrogens with zero attached hydrogens (tertiary/aromatic N) is 3. The summed E-state index contributed by atoms with van der Waals surface area (Å²) in [5.41, 5.74) is 5.66. The van der Waals surface area contributed by atoms with Crippen LogP contribution in [0.1, 0.15) is 63.9 Å². The molecule has 0 amide bonds. The molecule has 1 aliphatic heterocycles. The third-order valence-corrected chi connectivity index (χ3v) is 9.14. The second-order valence-electron chi connectivity index (χ2n) is 10.8. The second kappa shape index (κ2) is 16.3. The maximum atomic E-state index is 9.30. The molecule has 5 rings (SSSR count). The van der Waals surface area contributed by atoms with E-state index in [0.29, 0.717) is 33.2 Å². The van der Waals surface area contributed by atoms with Gasteiger partial charge in [0, 0.05) is 29.7 Å². The topological polar surface area (TPSA) is 67.7 Å². The number of likely N-dealkylation sites (tertiary alicyclic amines) is 1. The lowest BCUT2D eigenvalue weighted by Gasteiger charge is -2.45. The first kappa shape index (κ1) is 35.4. The Kier molecular flexibility index (Phi) is 13.1. The summed E-state index contributed by atoms with van der Waals surface area (Å²) < 4.78 is 0. The van der Waals surface area contributed by atoms with Gasteiger partial charge in [0.1, 0.15) is 5.82 Å². The third-order valence-electron chi connectivity index (χ3n) is 8.26. The van der Waals surface area contributed by atoms with E-state index in [0.717, 1.165) is 53.9 Å². The van der Waals surface area contributed by atoms with Gasteiger partial charge in [-0.3, -0.25) is 0 Å². The van der Waals surface area contributed by atoms with Crippen molar-refractivity contribution in [3.05, 3.63) is 112 Å². The Bertz CT molecular complexity index is 1550. The third kappa shape index (κ3) is 8.53. The molecule has 44 heavy (non-hydrogen) atoms. The van der Waals surface area contributed by atoms with Crippen molar-refractivity contribution in [1.29, 1.82) is 5.26 Å². The highest BCUT2D eigenvalue weighted by molar-refractivity contribution is 6.42. The number of nitrogens with one attached hydrogen (secondary N) is 2. The van der Waals surface area contributed by atoms with Gasteiger partial charge in [-0.15, -0.1) is 0 Å². The van der Waals surface area contributed by atoms with Crippen LogP contribution in [0.25, 0.3) is 22.2 Å². The van der Waals surface area contributed by atoms with E-state index in [2.05, 4.69) is 78.6 Å². The number of fused-ring (bicyclic) bond motifs is 1. The van der Waals surface area contributed by atoms with E-state index in [9.17, 15) is 5.26 Å². The molecular formula is C36H42Cl3N5. The van der Waals surface area contributed by atoms with E-state index < -0.39 is 0 Å². The molecule has 232 valence electrons. The Morgan fingerprint density at radius 2 is 1.70 bits per heavy atom. The zero-order chi connectivity index (χ0) is 31.0. The number of aromatic amines is 1. The fourth-order valence-corrected chi connectivity index (χ4v) is 6.11. The molecule has 2 N–H and O–H groups in total. The van der Waals surface area contributed by atoms with Crippen LogP contribution in [0.5, 0.6) is 0 Å². The quantitative estimate of drug-likeness (QED) is 0.177. The summed E-state index contributed by atoms with van der Waals surface area (Å²) in [4.78, 5) is 10.8. The van der Waals surface area contributed by atoms with Crippen LogP contribution >= 0.6 is 34.8 Å². The van der Waals surface area contributed by atoms with Gasteiger partial charge in [-0.05, 0) is 66.6 Å².